The molecular formula is C27H24BrClN2O5. The van der Waals surface area contributed by atoms with Gasteiger partial charge in [0.15, 0.2) is 11.5 Å². The molecule has 1 amide bonds. The number of methoxy groups -OCH3 is 3. The first kappa shape index (κ1) is 26.9. The Morgan fingerprint density at radius 1 is 1.03 bits per heavy atom. The highest BCUT2D eigenvalue weighted by molar-refractivity contribution is 9.10. The summed E-state index contributed by atoms with van der Waals surface area (Å²) in [7, 11) is 4.61. The summed E-state index contributed by atoms with van der Waals surface area (Å²) in [6, 6.07) is 18.0. The Morgan fingerprint density at radius 2 is 1.78 bits per heavy atom. The third kappa shape index (κ3) is 6.72. The average molecular weight is 572 g/mol. The number of nitriles is 1. The van der Waals surface area contributed by atoms with Gasteiger partial charge >= 0.3 is 0 Å². The van der Waals surface area contributed by atoms with E-state index in [1.807, 2.05) is 24.3 Å². The minimum absolute atomic E-state index is 0.0684. The first-order valence-electron chi connectivity index (χ1n) is 10.7. The maximum Gasteiger partial charge on any atom is 0.262 e. The molecule has 0 radical (unpaired) electrons. The minimum atomic E-state index is -0.524. The van der Waals surface area contributed by atoms with E-state index in [1.165, 1.54) is 20.3 Å². The molecule has 0 unspecified atom stereocenters. The largest absolute Gasteiger partial charge is 0.497 e. The van der Waals surface area contributed by atoms with E-state index in [9.17, 15) is 10.1 Å². The molecule has 0 bridgehead atoms. The molecule has 0 saturated carbocycles. The van der Waals surface area contributed by atoms with Crippen LogP contribution < -0.4 is 24.3 Å². The summed E-state index contributed by atoms with van der Waals surface area (Å²) in [5.41, 5.74) is 2.08. The molecule has 3 aromatic rings. The molecule has 0 aliphatic carbocycles. The Bertz CT molecular complexity index is 1320. The number of nitrogens with zero attached hydrogens (tertiary/aromatic N) is 1. The Balaban J connectivity index is 1.77. The van der Waals surface area contributed by atoms with Crippen molar-refractivity contribution in [3.63, 3.8) is 0 Å². The van der Waals surface area contributed by atoms with Crippen LogP contribution in [0.25, 0.3) is 6.08 Å². The fraction of sp³-hybridized carbons (Fsp3) is 0.185. The molecule has 0 atom stereocenters. The van der Waals surface area contributed by atoms with Crippen molar-refractivity contribution >= 4 is 39.5 Å². The lowest BCUT2D eigenvalue weighted by atomic mass is 10.1. The minimum Gasteiger partial charge on any atom is -0.497 e. The molecule has 0 saturated heterocycles. The number of hydrogen-bond donors (Lipinski definition) is 1. The highest BCUT2D eigenvalue weighted by Crippen LogP contribution is 2.38. The van der Waals surface area contributed by atoms with Crippen molar-refractivity contribution < 1.29 is 23.7 Å². The van der Waals surface area contributed by atoms with Crippen LogP contribution in [0.5, 0.6) is 23.0 Å². The van der Waals surface area contributed by atoms with Crippen LogP contribution in [0.2, 0.25) is 5.02 Å². The third-order valence-electron chi connectivity index (χ3n) is 5.19. The maximum atomic E-state index is 12.7. The molecule has 9 heteroatoms. The number of benzene rings is 3. The van der Waals surface area contributed by atoms with Gasteiger partial charge in [-0.25, -0.2) is 0 Å². The van der Waals surface area contributed by atoms with Crippen LogP contribution in [0.3, 0.4) is 0 Å². The average Bonchev–Trinajstić information content (AvgIpc) is 2.90. The highest BCUT2D eigenvalue weighted by Gasteiger charge is 2.15. The van der Waals surface area contributed by atoms with E-state index < -0.39 is 5.91 Å². The number of carbonyl (C=O) groups excluding carboxylic acids is 1. The first-order valence-corrected chi connectivity index (χ1v) is 11.9. The number of carbonyl (C=O) groups is 1. The molecule has 36 heavy (non-hydrogen) atoms. The lowest BCUT2D eigenvalue weighted by molar-refractivity contribution is -0.117. The molecule has 0 aliphatic heterocycles. The molecule has 0 fully saturated rings. The van der Waals surface area contributed by atoms with Gasteiger partial charge in [-0.15, -0.1) is 0 Å². The van der Waals surface area contributed by atoms with Gasteiger partial charge in [-0.1, -0.05) is 29.8 Å². The summed E-state index contributed by atoms with van der Waals surface area (Å²) >= 11 is 9.71. The van der Waals surface area contributed by atoms with Crippen molar-refractivity contribution in [2.75, 3.05) is 21.3 Å². The van der Waals surface area contributed by atoms with E-state index in [1.54, 1.807) is 43.5 Å². The number of halogens is 2. The zero-order valence-electron chi connectivity index (χ0n) is 19.9. The van der Waals surface area contributed by atoms with Gasteiger partial charge in [0, 0.05) is 28.8 Å². The zero-order chi connectivity index (χ0) is 26.1. The van der Waals surface area contributed by atoms with Crippen molar-refractivity contribution in [3.05, 3.63) is 86.4 Å². The predicted molar refractivity (Wildman–Crippen MR) is 141 cm³/mol. The van der Waals surface area contributed by atoms with Crippen LogP contribution in [0.4, 0.5) is 0 Å². The first-order chi connectivity index (χ1) is 17.4. The fourth-order valence-electron chi connectivity index (χ4n) is 3.31. The molecule has 3 aromatic carbocycles. The smallest absolute Gasteiger partial charge is 0.262 e. The highest BCUT2D eigenvalue weighted by atomic mass is 79.9. The van der Waals surface area contributed by atoms with Crippen LogP contribution in [0.1, 0.15) is 16.7 Å². The fourth-order valence-corrected chi connectivity index (χ4v) is 4.08. The lowest BCUT2D eigenvalue weighted by Gasteiger charge is -2.14. The summed E-state index contributed by atoms with van der Waals surface area (Å²) in [6.45, 7) is 0.414. The van der Waals surface area contributed by atoms with Gasteiger partial charge in [-0.2, -0.15) is 5.26 Å². The molecule has 0 spiro atoms. The van der Waals surface area contributed by atoms with Crippen LogP contribution in [-0.2, 0) is 17.9 Å². The van der Waals surface area contributed by atoms with E-state index in [0.29, 0.717) is 38.1 Å². The van der Waals surface area contributed by atoms with Crippen molar-refractivity contribution in [2.24, 2.45) is 0 Å². The topological polar surface area (TPSA) is 89.8 Å². The molecule has 7 nitrogen and oxygen atoms in total. The van der Waals surface area contributed by atoms with E-state index in [0.717, 1.165) is 11.1 Å². The molecule has 0 aliphatic rings. The molecule has 186 valence electrons. The predicted octanol–water partition coefficient (Wildman–Crippen LogP) is 5.93. The van der Waals surface area contributed by atoms with Gasteiger partial charge in [0.2, 0.25) is 0 Å². The van der Waals surface area contributed by atoms with E-state index in [4.69, 9.17) is 30.5 Å². The van der Waals surface area contributed by atoms with Crippen LogP contribution >= 0.6 is 27.5 Å². The van der Waals surface area contributed by atoms with Gasteiger partial charge in [-0.05, 0) is 57.9 Å². The molecule has 0 heterocycles. The summed E-state index contributed by atoms with van der Waals surface area (Å²) < 4.78 is 22.6. The van der Waals surface area contributed by atoms with Gasteiger partial charge in [0.25, 0.3) is 5.91 Å². The van der Waals surface area contributed by atoms with Crippen molar-refractivity contribution in [3.8, 4) is 29.1 Å². The number of hydrogen-bond acceptors (Lipinski definition) is 6. The monoisotopic (exact) mass is 570 g/mol. The standard InChI is InChI=1S/C27H24BrClN2O5/c1-33-21-9-8-18(24(13-21)34-2)15-31-27(32)20(14-30)10-17-11-22(28)26(25(12-17)35-3)36-16-19-6-4-5-7-23(19)29/h4-13H,15-16H2,1-3H3,(H,31,32)/b20-10+. The normalized spacial score (nSPS) is 10.8. The third-order valence-corrected chi connectivity index (χ3v) is 6.15. The van der Waals surface area contributed by atoms with E-state index in [-0.39, 0.29) is 18.7 Å². The van der Waals surface area contributed by atoms with Crippen molar-refractivity contribution in [2.45, 2.75) is 13.2 Å². The zero-order valence-corrected chi connectivity index (χ0v) is 22.3. The Hall–Kier alpha value is -3.67. The molecule has 0 aromatic heterocycles. The van der Waals surface area contributed by atoms with Crippen molar-refractivity contribution in [1.82, 2.24) is 5.32 Å². The summed E-state index contributed by atoms with van der Waals surface area (Å²) in [4.78, 5) is 12.7. The lowest BCUT2D eigenvalue weighted by Crippen LogP contribution is -2.24. The van der Waals surface area contributed by atoms with E-state index in [2.05, 4.69) is 21.2 Å². The van der Waals surface area contributed by atoms with Crippen LogP contribution in [0.15, 0.2) is 64.6 Å². The summed E-state index contributed by atoms with van der Waals surface area (Å²) in [6.07, 6.45) is 1.48. The Labute approximate surface area is 223 Å². The summed E-state index contributed by atoms with van der Waals surface area (Å²) in [5, 5.41) is 13.0. The van der Waals surface area contributed by atoms with Gasteiger partial charge in [-0.3, -0.25) is 4.79 Å². The Morgan fingerprint density at radius 3 is 2.44 bits per heavy atom. The second kappa shape index (κ2) is 12.9. The molecule has 1 N–H and O–H groups in total. The Kier molecular flexibility index (Phi) is 9.62. The maximum absolute atomic E-state index is 12.7. The number of rotatable bonds is 10. The molecular weight excluding hydrogens is 548 g/mol. The van der Waals surface area contributed by atoms with E-state index >= 15 is 0 Å². The second-order valence-electron chi connectivity index (χ2n) is 7.44. The number of amides is 1. The quantitative estimate of drug-likeness (QED) is 0.240. The SMILES string of the molecule is COc1ccc(CNC(=O)/C(C#N)=C/c2cc(Br)c(OCc3ccccc3Cl)c(OC)c2)c(OC)c1. The number of nitrogens with one attached hydrogen (secondary N) is 1. The second-order valence-corrected chi connectivity index (χ2v) is 8.71. The van der Waals surface area contributed by atoms with Gasteiger partial charge in [0.1, 0.15) is 29.7 Å². The number of ether oxygens (including phenoxy) is 4. The van der Waals surface area contributed by atoms with Gasteiger partial charge in [0.05, 0.1) is 25.8 Å². The summed E-state index contributed by atoms with van der Waals surface area (Å²) in [5.74, 6) is 1.59. The van der Waals surface area contributed by atoms with Gasteiger partial charge < -0.3 is 24.3 Å². The van der Waals surface area contributed by atoms with Crippen LogP contribution in [0, 0.1) is 11.3 Å². The van der Waals surface area contributed by atoms with Crippen LogP contribution in [-0.4, -0.2) is 27.2 Å². The van der Waals surface area contributed by atoms with Crippen molar-refractivity contribution in [1.29, 1.82) is 5.26 Å². The molecule has 3 rings (SSSR count).